The first-order valence-electron chi connectivity index (χ1n) is 3.81. The molecule has 1 heterocycles. The number of hydrogen-bond donors (Lipinski definition) is 0. The van der Waals surface area contributed by atoms with Crippen molar-refractivity contribution >= 4 is 5.78 Å². The largest absolute Gasteiger partial charge is 0.298 e. The first kappa shape index (κ1) is 7.73. The second-order valence-corrected chi connectivity index (χ2v) is 2.84. The minimum atomic E-state index is 0.210. The van der Waals surface area contributed by atoms with Gasteiger partial charge in [0.1, 0.15) is 6.04 Å². The zero-order chi connectivity index (χ0) is 7.56. The van der Waals surface area contributed by atoms with E-state index in [-0.39, 0.29) is 5.78 Å². The highest BCUT2D eigenvalue weighted by Gasteiger charge is 2.21. The van der Waals surface area contributed by atoms with Crippen LogP contribution in [-0.4, -0.2) is 23.8 Å². The molecule has 0 bridgehead atoms. The highest BCUT2D eigenvalue weighted by atomic mass is 16.1. The van der Waals surface area contributed by atoms with Gasteiger partial charge in [-0.05, 0) is 39.8 Å². The highest BCUT2D eigenvalue weighted by Crippen LogP contribution is 2.16. The van der Waals surface area contributed by atoms with E-state index in [2.05, 4.69) is 4.90 Å². The van der Waals surface area contributed by atoms with Crippen molar-refractivity contribution in [2.75, 3.05) is 13.1 Å². The van der Waals surface area contributed by atoms with Crippen molar-refractivity contribution in [1.29, 1.82) is 0 Å². The summed E-state index contributed by atoms with van der Waals surface area (Å²) in [5.41, 5.74) is 0. The predicted octanol–water partition coefficient (Wildman–Crippen LogP) is 1.22. The molecule has 1 radical (unpaired) electrons. The molecular formula is C8H14NO. The SMILES string of the molecule is C[C](C(C)=O)N1CCCC1. The van der Waals surface area contributed by atoms with Gasteiger partial charge in [-0.1, -0.05) is 0 Å². The number of nitrogens with zero attached hydrogens (tertiary/aromatic N) is 1. The summed E-state index contributed by atoms with van der Waals surface area (Å²) in [4.78, 5) is 13.0. The molecule has 0 spiro atoms. The van der Waals surface area contributed by atoms with Crippen LogP contribution in [-0.2, 0) is 4.79 Å². The second kappa shape index (κ2) is 3.15. The van der Waals surface area contributed by atoms with Crippen LogP contribution in [0, 0.1) is 6.04 Å². The molecule has 0 aliphatic carbocycles. The summed E-state index contributed by atoms with van der Waals surface area (Å²) < 4.78 is 0. The number of carbonyl (C=O) groups excluding carboxylic acids is 1. The lowest BCUT2D eigenvalue weighted by Gasteiger charge is -2.19. The van der Waals surface area contributed by atoms with Gasteiger partial charge in [0, 0.05) is 0 Å². The Morgan fingerprint density at radius 3 is 2.10 bits per heavy atom. The molecule has 0 atom stereocenters. The van der Waals surface area contributed by atoms with Crippen LogP contribution in [0.5, 0.6) is 0 Å². The molecule has 0 aromatic heterocycles. The van der Waals surface area contributed by atoms with Crippen molar-refractivity contribution in [3.63, 3.8) is 0 Å². The molecule has 0 aromatic carbocycles. The molecule has 2 heteroatoms. The maximum Gasteiger partial charge on any atom is 0.152 e. The van der Waals surface area contributed by atoms with Crippen molar-refractivity contribution in [3.8, 4) is 0 Å². The van der Waals surface area contributed by atoms with Crippen molar-refractivity contribution < 1.29 is 4.79 Å². The van der Waals surface area contributed by atoms with Crippen LogP contribution >= 0.6 is 0 Å². The molecule has 57 valence electrons. The van der Waals surface area contributed by atoms with Gasteiger partial charge < -0.3 is 0 Å². The van der Waals surface area contributed by atoms with Gasteiger partial charge in [-0.3, -0.25) is 9.69 Å². The zero-order valence-corrected chi connectivity index (χ0v) is 6.68. The third-order valence-corrected chi connectivity index (χ3v) is 2.09. The zero-order valence-electron chi connectivity index (χ0n) is 6.68. The third-order valence-electron chi connectivity index (χ3n) is 2.09. The van der Waals surface area contributed by atoms with E-state index in [0.717, 1.165) is 19.1 Å². The second-order valence-electron chi connectivity index (χ2n) is 2.84. The molecule has 10 heavy (non-hydrogen) atoms. The fourth-order valence-electron chi connectivity index (χ4n) is 1.28. The van der Waals surface area contributed by atoms with Crippen molar-refractivity contribution in [1.82, 2.24) is 4.90 Å². The maximum atomic E-state index is 10.9. The Labute approximate surface area is 62.2 Å². The summed E-state index contributed by atoms with van der Waals surface area (Å²) in [6.07, 6.45) is 2.48. The molecular weight excluding hydrogens is 126 g/mol. The normalized spacial score (nSPS) is 20.3. The molecule has 1 aliphatic rings. The van der Waals surface area contributed by atoms with E-state index in [1.165, 1.54) is 12.8 Å². The molecule has 1 fully saturated rings. The Balaban J connectivity index is 2.39. The van der Waals surface area contributed by atoms with Crippen molar-refractivity contribution in [3.05, 3.63) is 6.04 Å². The van der Waals surface area contributed by atoms with Gasteiger partial charge >= 0.3 is 0 Å². The number of rotatable bonds is 2. The number of carbonyl (C=O) groups is 1. The van der Waals surface area contributed by atoms with E-state index < -0.39 is 0 Å². The summed E-state index contributed by atoms with van der Waals surface area (Å²) in [7, 11) is 0. The Hall–Kier alpha value is -0.370. The first-order valence-corrected chi connectivity index (χ1v) is 3.81. The maximum absolute atomic E-state index is 10.9. The highest BCUT2D eigenvalue weighted by molar-refractivity contribution is 5.88. The van der Waals surface area contributed by atoms with Crippen LogP contribution in [0.25, 0.3) is 0 Å². The monoisotopic (exact) mass is 140 g/mol. The first-order chi connectivity index (χ1) is 4.72. The summed E-state index contributed by atoms with van der Waals surface area (Å²) in [5, 5.41) is 0. The van der Waals surface area contributed by atoms with Crippen LogP contribution in [0.2, 0.25) is 0 Å². The van der Waals surface area contributed by atoms with Gasteiger partial charge in [-0.2, -0.15) is 0 Å². The average molecular weight is 140 g/mol. The number of hydrogen-bond acceptors (Lipinski definition) is 2. The van der Waals surface area contributed by atoms with E-state index in [1.54, 1.807) is 6.92 Å². The fraction of sp³-hybridized carbons (Fsp3) is 0.750. The Morgan fingerprint density at radius 2 is 1.70 bits per heavy atom. The van der Waals surface area contributed by atoms with Crippen molar-refractivity contribution in [2.24, 2.45) is 0 Å². The van der Waals surface area contributed by atoms with Crippen LogP contribution in [0.15, 0.2) is 0 Å². The average Bonchev–Trinajstić information content (AvgIpc) is 2.36. The number of Topliss-reactive ketones (excluding diaryl/α,β-unsaturated/α-hetero) is 1. The van der Waals surface area contributed by atoms with Gasteiger partial charge in [0.2, 0.25) is 0 Å². The minimum Gasteiger partial charge on any atom is -0.298 e. The quantitative estimate of drug-likeness (QED) is 0.575. The summed E-state index contributed by atoms with van der Waals surface area (Å²) in [6, 6.07) is 0.928. The fourth-order valence-corrected chi connectivity index (χ4v) is 1.28. The van der Waals surface area contributed by atoms with E-state index in [4.69, 9.17) is 0 Å². The van der Waals surface area contributed by atoms with E-state index in [1.807, 2.05) is 6.92 Å². The van der Waals surface area contributed by atoms with Gasteiger partial charge in [-0.25, -0.2) is 0 Å². The van der Waals surface area contributed by atoms with Crippen molar-refractivity contribution in [2.45, 2.75) is 26.7 Å². The molecule has 0 N–H and O–H groups in total. The summed E-state index contributed by atoms with van der Waals surface area (Å²) in [6.45, 7) is 5.69. The van der Waals surface area contributed by atoms with E-state index in [9.17, 15) is 4.79 Å². The lowest BCUT2D eigenvalue weighted by molar-refractivity contribution is -0.117. The van der Waals surface area contributed by atoms with Crippen LogP contribution < -0.4 is 0 Å². The van der Waals surface area contributed by atoms with Gasteiger partial charge in [0.05, 0.1) is 0 Å². The standard InChI is InChI=1S/C8H14NO/c1-7(8(2)10)9-5-3-4-6-9/h3-6H2,1-2H3. The van der Waals surface area contributed by atoms with E-state index in [0.29, 0.717) is 0 Å². The molecule has 0 unspecified atom stereocenters. The minimum absolute atomic E-state index is 0.210. The molecule has 2 nitrogen and oxygen atoms in total. The topological polar surface area (TPSA) is 20.3 Å². The van der Waals surface area contributed by atoms with Gasteiger partial charge in [0.25, 0.3) is 0 Å². The van der Waals surface area contributed by atoms with Crippen LogP contribution in [0.4, 0.5) is 0 Å². The Bertz CT molecular complexity index is 127. The summed E-state index contributed by atoms with van der Waals surface area (Å²) >= 11 is 0. The predicted molar refractivity (Wildman–Crippen MR) is 40.4 cm³/mol. The lowest BCUT2D eigenvalue weighted by atomic mass is 10.2. The smallest absolute Gasteiger partial charge is 0.152 e. The summed E-state index contributed by atoms with van der Waals surface area (Å²) in [5.74, 6) is 0.210. The lowest BCUT2D eigenvalue weighted by Crippen LogP contribution is -2.27. The molecule has 1 saturated heterocycles. The van der Waals surface area contributed by atoms with Gasteiger partial charge in [-0.15, -0.1) is 0 Å². The number of ketones is 1. The molecule has 0 saturated carbocycles. The number of likely N-dealkylation sites (tertiary alicyclic amines) is 1. The molecule has 1 aliphatic heterocycles. The van der Waals surface area contributed by atoms with Crippen LogP contribution in [0.3, 0.4) is 0 Å². The molecule has 0 amide bonds. The Kier molecular flexibility index (Phi) is 2.44. The molecule has 1 rings (SSSR count). The van der Waals surface area contributed by atoms with E-state index >= 15 is 0 Å². The van der Waals surface area contributed by atoms with Gasteiger partial charge in [0.15, 0.2) is 5.78 Å². The Morgan fingerprint density at radius 1 is 1.20 bits per heavy atom. The molecule has 0 aromatic rings. The van der Waals surface area contributed by atoms with Crippen LogP contribution in [0.1, 0.15) is 26.7 Å². The third kappa shape index (κ3) is 1.57.